The Hall–Kier alpha value is 0.380. The van der Waals surface area contributed by atoms with E-state index in [0.29, 0.717) is 6.54 Å². The molecule has 0 bridgehead atoms. The van der Waals surface area contributed by atoms with Crippen molar-refractivity contribution >= 4 is 23.4 Å². The molecule has 0 aromatic heterocycles. The average Bonchev–Trinajstić information content (AvgIpc) is 2.34. The van der Waals surface area contributed by atoms with Crippen LogP contribution < -0.4 is 21.3 Å². The van der Waals surface area contributed by atoms with Crippen molar-refractivity contribution < 1.29 is 0 Å². The van der Waals surface area contributed by atoms with Crippen LogP contribution in [0.4, 0.5) is 0 Å². The molecule has 0 aliphatic carbocycles. The molecule has 4 N–H and O–H groups in total. The van der Waals surface area contributed by atoms with Gasteiger partial charge in [-0.15, -0.1) is 0 Å². The fourth-order valence-corrected chi connectivity index (χ4v) is 2.04. The first-order valence-electron chi connectivity index (χ1n) is 6.58. The van der Waals surface area contributed by atoms with E-state index in [0.717, 1.165) is 52.4 Å². The minimum atomic E-state index is -0.554. The highest BCUT2D eigenvalue weighted by molar-refractivity contribution is 6.27. The van der Waals surface area contributed by atoms with Gasteiger partial charge in [0, 0.05) is 58.9 Å². The summed E-state index contributed by atoms with van der Waals surface area (Å²) >= 11 is 12.6. The van der Waals surface area contributed by atoms with Crippen LogP contribution in [0.25, 0.3) is 0 Å². The van der Waals surface area contributed by atoms with Gasteiger partial charge in [0.25, 0.3) is 0 Å². The van der Waals surface area contributed by atoms with Crippen LogP contribution in [0.15, 0.2) is 0 Å². The highest BCUT2D eigenvalue weighted by Crippen LogP contribution is 2.21. The monoisotopic (exact) mass is 297 g/mol. The molecule has 0 spiro atoms. The predicted molar refractivity (Wildman–Crippen MR) is 78.3 cm³/mol. The van der Waals surface area contributed by atoms with Gasteiger partial charge in [0.05, 0.1) is 0 Å². The summed E-state index contributed by atoms with van der Waals surface area (Å²) in [4.78, 5) is -0.554. The zero-order chi connectivity index (χ0) is 13.3. The Balaban J connectivity index is 2.34. The Morgan fingerprint density at radius 2 is 1.28 bits per heavy atom. The van der Waals surface area contributed by atoms with Crippen molar-refractivity contribution in [1.82, 2.24) is 25.7 Å². The smallest absolute Gasteiger partial charge is 0.119 e. The van der Waals surface area contributed by atoms with E-state index < -0.39 is 5.00 Å². The van der Waals surface area contributed by atoms with Crippen LogP contribution in [0.3, 0.4) is 0 Å². The van der Waals surface area contributed by atoms with Gasteiger partial charge in [0.2, 0.25) is 0 Å². The number of rotatable bonds is 0. The van der Waals surface area contributed by atoms with E-state index in [1.54, 1.807) is 4.42 Å². The van der Waals surface area contributed by atoms with Crippen molar-refractivity contribution in [3.63, 3.8) is 0 Å². The van der Waals surface area contributed by atoms with Crippen molar-refractivity contribution in [1.29, 1.82) is 0 Å². The molecular formula is C11H25Cl2N5. The van der Waals surface area contributed by atoms with Crippen LogP contribution in [0.1, 0.15) is 6.92 Å². The van der Waals surface area contributed by atoms with Crippen LogP contribution in [-0.4, -0.2) is 68.3 Å². The van der Waals surface area contributed by atoms with Gasteiger partial charge in [-0.1, -0.05) is 11.6 Å². The van der Waals surface area contributed by atoms with Gasteiger partial charge in [-0.05, 0) is 18.7 Å². The summed E-state index contributed by atoms with van der Waals surface area (Å²) in [7, 11) is 0. The molecule has 0 aromatic rings. The van der Waals surface area contributed by atoms with Crippen LogP contribution in [-0.2, 0) is 0 Å². The quantitative estimate of drug-likeness (QED) is 0.283. The molecule has 0 saturated carbocycles. The number of halogens is 2. The lowest BCUT2D eigenvalue weighted by atomic mass is 10.3. The van der Waals surface area contributed by atoms with Crippen LogP contribution in [0.5, 0.6) is 0 Å². The second-order valence-electron chi connectivity index (χ2n) is 4.65. The summed E-state index contributed by atoms with van der Waals surface area (Å²) in [5.74, 6) is 0. The Labute approximate surface area is 120 Å². The largest absolute Gasteiger partial charge is 0.314 e. The molecule has 1 saturated heterocycles. The molecule has 1 atom stereocenters. The number of hydrogen-bond acceptors (Lipinski definition) is 5. The summed E-state index contributed by atoms with van der Waals surface area (Å²) in [6.07, 6.45) is 0. The predicted octanol–water partition coefficient (Wildman–Crippen LogP) is -0.231. The van der Waals surface area contributed by atoms with Crippen LogP contribution >= 0.6 is 23.4 Å². The fourth-order valence-electron chi connectivity index (χ4n) is 1.72. The third kappa shape index (κ3) is 7.09. The molecule has 18 heavy (non-hydrogen) atoms. The van der Waals surface area contributed by atoms with E-state index >= 15 is 0 Å². The van der Waals surface area contributed by atoms with Crippen LogP contribution in [0.2, 0.25) is 0 Å². The maximum absolute atomic E-state index is 6.40. The summed E-state index contributed by atoms with van der Waals surface area (Å²) in [5, 5.41) is 13.4. The zero-order valence-electron chi connectivity index (χ0n) is 11.1. The molecule has 1 heterocycles. The van der Waals surface area contributed by atoms with Gasteiger partial charge >= 0.3 is 0 Å². The third-order valence-corrected chi connectivity index (χ3v) is 3.84. The number of nitrogens with one attached hydrogen (secondary N) is 4. The average molecular weight is 298 g/mol. The summed E-state index contributed by atoms with van der Waals surface area (Å²) in [6, 6.07) is 0. The molecule has 1 unspecified atom stereocenters. The van der Waals surface area contributed by atoms with Crippen molar-refractivity contribution in [2.75, 3.05) is 58.9 Å². The zero-order valence-corrected chi connectivity index (χ0v) is 12.6. The van der Waals surface area contributed by atoms with E-state index in [9.17, 15) is 0 Å². The highest BCUT2D eigenvalue weighted by atomic mass is 35.5. The first kappa shape index (κ1) is 16.4. The first-order valence-corrected chi connectivity index (χ1v) is 7.30. The van der Waals surface area contributed by atoms with E-state index in [1.165, 1.54) is 0 Å². The van der Waals surface area contributed by atoms with Crippen molar-refractivity contribution in [2.45, 2.75) is 11.9 Å². The molecule has 7 heteroatoms. The maximum Gasteiger partial charge on any atom is 0.119 e. The SMILES string of the molecule is CC1(Cl)CNCCNCCNCCNCCN1Cl. The topological polar surface area (TPSA) is 51.4 Å². The molecular weight excluding hydrogens is 273 g/mol. The number of hydrogen-bond donors (Lipinski definition) is 4. The molecule has 108 valence electrons. The molecule has 1 aliphatic heterocycles. The van der Waals surface area contributed by atoms with E-state index in [1.807, 2.05) is 6.92 Å². The molecule has 1 rings (SSSR count). The Morgan fingerprint density at radius 3 is 1.83 bits per heavy atom. The van der Waals surface area contributed by atoms with Gasteiger partial charge in [-0.2, -0.15) is 4.42 Å². The molecule has 1 aliphatic rings. The third-order valence-electron chi connectivity index (χ3n) is 2.87. The van der Waals surface area contributed by atoms with Gasteiger partial charge in [-0.3, -0.25) is 0 Å². The number of nitrogens with zero attached hydrogens (tertiary/aromatic N) is 1. The summed E-state index contributed by atoms with van der Waals surface area (Å²) in [6.45, 7) is 9.90. The van der Waals surface area contributed by atoms with Crippen molar-refractivity contribution in [3.8, 4) is 0 Å². The molecule has 0 amide bonds. The normalized spacial score (nSPS) is 31.5. The lowest BCUT2D eigenvalue weighted by Crippen LogP contribution is -2.47. The minimum absolute atomic E-state index is 0.554. The maximum atomic E-state index is 6.40. The Bertz CT molecular complexity index is 216. The van der Waals surface area contributed by atoms with Crippen molar-refractivity contribution in [3.05, 3.63) is 0 Å². The lowest BCUT2D eigenvalue weighted by molar-refractivity contribution is 0.301. The lowest BCUT2D eigenvalue weighted by Gasteiger charge is -2.31. The molecule has 5 nitrogen and oxygen atoms in total. The van der Waals surface area contributed by atoms with Gasteiger partial charge in [0.1, 0.15) is 5.00 Å². The highest BCUT2D eigenvalue weighted by Gasteiger charge is 2.27. The van der Waals surface area contributed by atoms with Crippen LogP contribution in [0, 0.1) is 0 Å². The summed E-state index contributed by atoms with van der Waals surface area (Å²) < 4.78 is 1.66. The van der Waals surface area contributed by atoms with Gasteiger partial charge in [-0.25, -0.2) is 0 Å². The first-order chi connectivity index (χ1) is 8.63. The molecule has 0 aromatic carbocycles. The van der Waals surface area contributed by atoms with Crippen molar-refractivity contribution in [2.24, 2.45) is 0 Å². The standard InChI is InChI=1S/C11H25Cl2N5/c1-11(12)10-17-7-6-15-3-2-14-4-5-16-8-9-18(11)13/h14-17H,2-10H2,1H3. The van der Waals surface area contributed by atoms with E-state index in [-0.39, 0.29) is 0 Å². The van der Waals surface area contributed by atoms with E-state index in [4.69, 9.17) is 23.4 Å². The minimum Gasteiger partial charge on any atom is -0.314 e. The Kier molecular flexibility index (Phi) is 8.50. The summed E-state index contributed by atoms with van der Waals surface area (Å²) in [5.41, 5.74) is 0. The van der Waals surface area contributed by atoms with Gasteiger partial charge < -0.3 is 21.3 Å². The number of alkyl halides is 1. The van der Waals surface area contributed by atoms with E-state index in [2.05, 4.69) is 21.3 Å². The molecule has 1 fully saturated rings. The molecule has 0 radical (unpaired) electrons. The Morgan fingerprint density at radius 1 is 0.833 bits per heavy atom. The second kappa shape index (κ2) is 9.31. The fraction of sp³-hybridized carbons (Fsp3) is 1.00. The van der Waals surface area contributed by atoms with Gasteiger partial charge in [0.15, 0.2) is 0 Å². The second-order valence-corrected chi connectivity index (χ2v) is 5.88.